The van der Waals surface area contributed by atoms with Gasteiger partial charge in [-0.15, -0.1) is 0 Å². The van der Waals surface area contributed by atoms with E-state index in [1.54, 1.807) is 0 Å². The monoisotopic (exact) mass is 423 g/mol. The van der Waals surface area contributed by atoms with Crippen molar-refractivity contribution in [3.05, 3.63) is 127 Å². The lowest BCUT2D eigenvalue weighted by atomic mass is 9.33. The SMILES string of the molecule is [2H]c1c([2H])c2c3c(c1[2H])N(c1ccccc1)c1ccccc1B3c1ccccc1N2c1ccccc1. The van der Waals surface area contributed by atoms with Crippen LogP contribution in [0.15, 0.2) is 127 Å². The smallest absolute Gasteiger partial charge is 0.252 e. The second-order valence-electron chi connectivity index (χ2n) is 8.38. The number of hydrogen-bond donors (Lipinski definition) is 0. The molecule has 0 saturated carbocycles. The number of rotatable bonds is 2. The van der Waals surface area contributed by atoms with E-state index in [1.165, 1.54) is 0 Å². The van der Waals surface area contributed by atoms with Crippen LogP contribution in [0.5, 0.6) is 0 Å². The standard InChI is InChI=1S/C30H21BN2/c1-3-12-22(13-4-1)32-26-18-9-7-16-24(26)31-25-17-8-10-19-27(25)33(23-14-5-2-6-15-23)29-21-11-20-28(32)30(29)31/h1-21H/i11D,20D,21D. The molecule has 0 N–H and O–H groups in total. The normalized spacial score (nSPS) is 14.5. The molecule has 5 aromatic carbocycles. The summed E-state index contributed by atoms with van der Waals surface area (Å²) in [7, 11) is 0. The third-order valence-corrected chi connectivity index (χ3v) is 6.61. The number of anilines is 6. The van der Waals surface area contributed by atoms with Crippen molar-refractivity contribution >= 4 is 57.2 Å². The highest BCUT2D eigenvalue weighted by Crippen LogP contribution is 2.43. The van der Waals surface area contributed by atoms with Crippen molar-refractivity contribution in [1.82, 2.24) is 0 Å². The van der Waals surface area contributed by atoms with Gasteiger partial charge in [-0.05, 0) is 64.9 Å². The zero-order valence-electron chi connectivity index (χ0n) is 20.9. The molecule has 0 amide bonds. The Hall–Kier alpha value is -4.24. The summed E-state index contributed by atoms with van der Waals surface area (Å²) in [6.45, 7) is -0.142. The first-order valence-corrected chi connectivity index (χ1v) is 11.2. The fourth-order valence-corrected chi connectivity index (χ4v) is 5.30. The first-order chi connectivity index (χ1) is 17.7. The molecule has 7 rings (SSSR count). The van der Waals surface area contributed by atoms with Gasteiger partial charge in [0.15, 0.2) is 0 Å². The molecule has 2 aliphatic rings. The number of para-hydroxylation sites is 4. The highest BCUT2D eigenvalue weighted by molar-refractivity contribution is 7.00. The maximum Gasteiger partial charge on any atom is 0.252 e. The van der Waals surface area contributed by atoms with Gasteiger partial charge in [-0.25, -0.2) is 0 Å². The molecule has 0 saturated heterocycles. The van der Waals surface area contributed by atoms with E-state index < -0.39 is 0 Å². The second kappa shape index (κ2) is 7.14. The van der Waals surface area contributed by atoms with Gasteiger partial charge in [0, 0.05) is 34.1 Å². The number of benzene rings is 5. The molecule has 0 radical (unpaired) electrons. The molecule has 2 heterocycles. The van der Waals surface area contributed by atoms with E-state index in [0.29, 0.717) is 11.4 Å². The Labute approximate surface area is 198 Å². The maximum absolute atomic E-state index is 9.11. The van der Waals surface area contributed by atoms with Crippen LogP contribution < -0.4 is 26.2 Å². The first-order valence-electron chi connectivity index (χ1n) is 12.7. The van der Waals surface area contributed by atoms with Crippen LogP contribution in [0.4, 0.5) is 34.1 Å². The maximum atomic E-state index is 9.11. The quantitative estimate of drug-likeness (QED) is 0.326. The van der Waals surface area contributed by atoms with Crippen molar-refractivity contribution in [2.24, 2.45) is 0 Å². The summed E-state index contributed by atoms with van der Waals surface area (Å²) in [6, 6.07) is 36.8. The van der Waals surface area contributed by atoms with Gasteiger partial charge >= 0.3 is 0 Å². The number of hydrogen-bond acceptors (Lipinski definition) is 2. The molecule has 0 aromatic heterocycles. The summed E-state index contributed by atoms with van der Waals surface area (Å²) in [6.07, 6.45) is 0. The summed E-state index contributed by atoms with van der Waals surface area (Å²) in [4.78, 5) is 4.20. The lowest BCUT2D eigenvalue weighted by Gasteiger charge is -2.44. The van der Waals surface area contributed by atoms with Gasteiger partial charge in [-0.3, -0.25) is 0 Å². The Kier molecular flexibility index (Phi) is 3.37. The molecule has 0 bridgehead atoms. The highest BCUT2D eigenvalue weighted by atomic mass is 15.2. The minimum atomic E-state index is -0.142. The molecule has 0 unspecified atom stereocenters. The van der Waals surface area contributed by atoms with Crippen LogP contribution in [0.25, 0.3) is 0 Å². The van der Waals surface area contributed by atoms with Gasteiger partial charge < -0.3 is 9.80 Å². The van der Waals surface area contributed by atoms with Crippen molar-refractivity contribution < 1.29 is 4.11 Å². The average Bonchev–Trinajstić information content (AvgIpc) is 2.94. The topological polar surface area (TPSA) is 6.48 Å². The predicted octanol–water partition coefficient (Wildman–Crippen LogP) is 5.77. The van der Waals surface area contributed by atoms with E-state index in [0.717, 1.165) is 39.1 Å². The molecule has 5 aromatic rings. The summed E-state index contributed by atoms with van der Waals surface area (Å²) in [5.41, 5.74) is 8.39. The Bertz CT molecular complexity index is 1520. The van der Waals surface area contributed by atoms with E-state index >= 15 is 0 Å². The Morgan fingerprint density at radius 3 is 1.39 bits per heavy atom. The van der Waals surface area contributed by atoms with Gasteiger partial charge in [0.1, 0.15) is 0 Å². The van der Waals surface area contributed by atoms with E-state index in [1.807, 2.05) is 72.8 Å². The van der Waals surface area contributed by atoms with Crippen LogP contribution in [-0.2, 0) is 0 Å². The van der Waals surface area contributed by atoms with Crippen LogP contribution in [0.3, 0.4) is 0 Å². The molecule has 33 heavy (non-hydrogen) atoms. The molecule has 0 spiro atoms. The van der Waals surface area contributed by atoms with E-state index in [9.17, 15) is 0 Å². The minimum Gasteiger partial charge on any atom is -0.311 e. The molecule has 154 valence electrons. The Morgan fingerprint density at radius 1 is 0.485 bits per heavy atom. The fourth-order valence-electron chi connectivity index (χ4n) is 5.30. The van der Waals surface area contributed by atoms with Crippen molar-refractivity contribution in [2.75, 3.05) is 9.80 Å². The molecule has 0 aliphatic carbocycles. The summed E-state index contributed by atoms with van der Waals surface area (Å²) >= 11 is 0. The highest BCUT2D eigenvalue weighted by Gasteiger charge is 2.42. The first kappa shape index (κ1) is 15.5. The third-order valence-electron chi connectivity index (χ3n) is 6.61. The van der Waals surface area contributed by atoms with Crippen LogP contribution in [0, 0.1) is 0 Å². The van der Waals surface area contributed by atoms with Crippen molar-refractivity contribution in [3.63, 3.8) is 0 Å². The number of nitrogens with zero attached hydrogens (tertiary/aromatic N) is 2. The lowest BCUT2D eigenvalue weighted by molar-refractivity contribution is 1.25. The van der Waals surface area contributed by atoms with Crippen LogP contribution in [-0.4, -0.2) is 6.71 Å². The van der Waals surface area contributed by atoms with Gasteiger partial charge in [0.25, 0.3) is 6.71 Å². The fraction of sp³-hybridized carbons (Fsp3) is 0. The van der Waals surface area contributed by atoms with Gasteiger partial charge in [-0.1, -0.05) is 78.8 Å². The second-order valence-corrected chi connectivity index (χ2v) is 8.38. The van der Waals surface area contributed by atoms with Crippen LogP contribution in [0.1, 0.15) is 4.11 Å². The minimum absolute atomic E-state index is 0.0666. The molecular formula is C30H21BN2. The van der Waals surface area contributed by atoms with Gasteiger partial charge in [-0.2, -0.15) is 0 Å². The van der Waals surface area contributed by atoms with E-state index in [-0.39, 0.29) is 24.8 Å². The molecule has 3 heteroatoms. The molecule has 2 nitrogen and oxygen atoms in total. The Morgan fingerprint density at radius 2 is 0.909 bits per heavy atom. The predicted molar refractivity (Wildman–Crippen MR) is 140 cm³/mol. The summed E-state index contributed by atoms with van der Waals surface area (Å²) in [5.74, 6) is 0. The largest absolute Gasteiger partial charge is 0.311 e. The lowest BCUT2D eigenvalue weighted by Crippen LogP contribution is -2.61. The van der Waals surface area contributed by atoms with E-state index in [4.69, 9.17) is 4.11 Å². The average molecular weight is 423 g/mol. The Balaban J connectivity index is 1.66. The zero-order chi connectivity index (χ0) is 24.4. The van der Waals surface area contributed by atoms with E-state index in [2.05, 4.69) is 46.2 Å². The van der Waals surface area contributed by atoms with Crippen LogP contribution in [0.2, 0.25) is 0 Å². The summed E-state index contributed by atoms with van der Waals surface area (Å²) < 4.78 is 27.1. The molecule has 2 aliphatic heterocycles. The molecular weight excluding hydrogens is 399 g/mol. The molecule has 0 fully saturated rings. The van der Waals surface area contributed by atoms with Crippen LogP contribution >= 0.6 is 0 Å². The van der Waals surface area contributed by atoms with Gasteiger partial charge in [0.2, 0.25) is 0 Å². The van der Waals surface area contributed by atoms with Crippen molar-refractivity contribution in [3.8, 4) is 0 Å². The van der Waals surface area contributed by atoms with Crippen molar-refractivity contribution in [2.45, 2.75) is 0 Å². The third kappa shape index (κ3) is 2.63. The zero-order valence-corrected chi connectivity index (χ0v) is 17.9. The summed E-state index contributed by atoms with van der Waals surface area (Å²) in [5, 5.41) is 0. The number of fused-ring (bicyclic) bond motifs is 4. The van der Waals surface area contributed by atoms with Crippen molar-refractivity contribution in [1.29, 1.82) is 0 Å². The van der Waals surface area contributed by atoms with Gasteiger partial charge in [0.05, 0.1) is 4.11 Å². The molecule has 0 atom stereocenters.